The summed E-state index contributed by atoms with van der Waals surface area (Å²) in [4.78, 5) is 31.1. The molecule has 0 fully saturated rings. The molecule has 0 saturated carbocycles. The molecule has 1 atom stereocenters. The highest BCUT2D eigenvalue weighted by Crippen LogP contribution is 2.31. The number of fused-ring (bicyclic) bond motifs is 1. The molecular weight excluding hydrogens is 373 g/mol. The zero-order valence-corrected chi connectivity index (χ0v) is 16.9. The average molecular weight is 397 g/mol. The summed E-state index contributed by atoms with van der Waals surface area (Å²) >= 11 is 0. The Balaban J connectivity index is 2.14. The number of para-hydroxylation sites is 1. The summed E-state index contributed by atoms with van der Waals surface area (Å²) in [5.74, 6) is -1.60. The Labute approximate surface area is 169 Å². The lowest BCUT2D eigenvalue weighted by molar-refractivity contribution is -0.153. The van der Waals surface area contributed by atoms with E-state index in [0.717, 1.165) is 5.56 Å². The fourth-order valence-corrected chi connectivity index (χ4v) is 3.27. The highest BCUT2D eigenvalue weighted by Gasteiger charge is 2.34. The first kappa shape index (κ1) is 20.7. The van der Waals surface area contributed by atoms with Gasteiger partial charge < -0.3 is 10.5 Å². The van der Waals surface area contributed by atoms with Crippen LogP contribution >= 0.6 is 0 Å². The third-order valence-corrected chi connectivity index (χ3v) is 4.39. The van der Waals surface area contributed by atoms with E-state index in [1.165, 1.54) is 11.0 Å². The molecule has 2 N–H and O–H groups in total. The van der Waals surface area contributed by atoms with Crippen molar-refractivity contribution < 1.29 is 18.7 Å². The number of hydrogen-bond acceptors (Lipinski definition) is 5. The van der Waals surface area contributed by atoms with Crippen molar-refractivity contribution in [2.24, 2.45) is 10.7 Å². The molecule has 1 aliphatic heterocycles. The molecule has 1 aliphatic rings. The lowest BCUT2D eigenvalue weighted by Crippen LogP contribution is -2.46. The Morgan fingerprint density at radius 1 is 1.17 bits per heavy atom. The standard InChI is InChI=1S/C22H24FN3O3/c1-13-8-7-10-15-18(14-9-5-6-11-16(14)23)25-20(24)21(28)26(19(13)15)12-17(27)29-22(2,3)4/h5-11,20H,12,24H2,1-4H3/t20-/m0/s1. The summed E-state index contributed by atoms with van der Waals surface area (Å²) in [5, 5.41) is 0. The number of aliphatic imine (C=N–C) groups is 1. The SMILES string of the molecule is Cc1cccc2c1N(CC(=O)OC(C)(C)C)C(=O)[C@@H](N)N=C2c1ccccc1F. The van der Waals surface area contributed by atoms with Crippen molar-refractivity contribution in [3.63, 3.8) is 0 Å². The van der Waals surface area contributed by atoms with Crippen molar-refractivity contribution in [3.05, 3.63) is 65.0 Å². The maximum Gasteiger partial charge on any atom is 0.326 e. The third kappa shape index (κ3) is 4.35. The lowest BCUT2D eigenvalue weighted by Gasteiger charge is -2.27. The van der Waals surface area contributed by atoms with Crippen LogP contribution in [0.3, 0.4) is 0 Å². The van der Waals surface area contributed by atoms with E-state index in [2.05, 4.69) is 4.99 Å². The van der Waals surface area contributed by atoms with E-state index in [-0.39, 0.29) is 17.8 Å². The molecule has 0 aliphatic carbocycles. The normalized spacial score (nSPS) is 16.8. The van der Waals surface area contributed by atoms with Crippen LogP contribution in [0.15, 0.2) is 47.5 Å². The summed E-state index contributed by atoms with van der Waals surface area (Å²) in [5.41, 5.74) is 7.57. The first-order valence-electron chi connectivity index (χ1n) is 9.30. The van der Waals surface area contributed by atoms with Gasteiger partial charge in [-0.15, -0.1) is 0 Å². The summed E-state index contributed by atoms with van der Waals surface area (Å²) < 4.78 is 19.9. The average Bonchev–Trinajstić information content (AvgIpc) is 2.72. The van der Waals surface area contributed by atoms with Gasteiger partial charge >= 0.3 is 5.97 Å². The number of carbonyl (C=O) groups excluding carboxylic acids is 2. The van der Waals surface area contributed by atoms with Crippen LogP contribution in [0.5, 0.6) is 0 Å². The molecule has 2 aromatic rings. The molecule has 1 amide bonds. The molecule has 0 aromatic heterocycles. The van der Waals surface area contributed by atoms with Gasteiger partial charge in [-0.05, 0) is 45.4 Å². The Kier molecular flexibility index (Phi) is 5.53. The van der Waals surface area contributed by atoms with E-state index in [4.69, 9.17) is 10.5 Å². The van der Waals surface area contributed by atoms with E-state index in [0.29, 0.717) is 11.3 Å². The van der Waals surface area contributed by atoms with Gasteiger partial charge in [0.15, 0.2) is 6.17 Å². The molecule has 0 spiro atoms. The molecule has 2 aromatic carbocycles. The van der Waals surface area contributed by atoms with Crippen LogP contribution in [0.25, 0.3) is 0 Å². The van der Waals surface area contributed by atoms with Gasteiger partial charge in [0.1, 0.15) is 18.0 Å². The quantitative estimate of drug-likeness (QED) is 0.807. The molecule has 0 saturated heterocycles. The van der Waals surface area contributed by atoms with Crippen molar-refractivity contribution in [2.75, 3.05) is 11.4 Å². The molecule has 3 rings (SSSR count). The minimum Gasteiger partial charge on any atom is -0.459 e. The second-order valence-corrected chi connectivity index (χ2v) is 7.88. The van der Waals surface area contributed by atoms with Gasteiger partial charge in [-0.2, -0.15) is 0 Å². The van der Waals surface area contributed by atoms with E-state index < -0.39 is 29.5 Å². The van der Waals surface area contributed by atoms with Gasteiger partial charge in [0.2, 0.25) is 0 Å². The van der Waals surface area contributed by atoms with Crippen molar-refractivity contribution in [1.29, 1.82) is 0 Å². The van der Waals surface area contributed by atoms with Gasteiger partial charge in [0.05, 0.1) is 11.4 Å². The Bertz CT molecular complexity index is 995. The molecule has 1 heterocycles. The van der Waals surface area contributed by atoms with Crippen LogP contribution in [-0.4, -0.2) is 35.9 Å². The van der Waals surface area contributed by atoms with Crippen molar-refractivity contribution in [2.45, 2.75) is 39.5 Å². The predicted molar refractivity (Wildman–Crippen MR) is 109 cm³/mol. The van der Waals surface area contributed by atoms with Gasteiger partial charge in [-0.25, -0.2) is 4.39 Å². The van der Waals surface area contributed by atoms with E-state index in [9.17, 15) is 14.0 Å². The second kappa shape index (κ2) is 7.75. The van der Waals surface area contributed by atoms with Gasteiger partial charge in [-0.1, -0.05) is 30.3 Å². The van der Waals surface area contributed by atoms with Crippen LogP contribution in [0.1, 0.15) is 37.5 Å². The van der Waals surface area contributed by atoms with Gasteiger partial charge in [0.25, 0.3) is 5.91 Å². The number of carbonyl (C=O) groups is 2. The molecule has 0 bridgehead atoms. The van der Waals surface area contributed by atoms with Gasteiger partial charge in [0, 0.05) is 11.1 Å². The van der Waals surface area contributed by atoms with Crippen LogP contribution < -0.4 is 10.6 Å². The minimum absolute atomic E-state index is 0.238. The Morgan fingerprint density at radius 2 is 1.83 bits per heavy atom. The lowest BCUT2D eigenvalue weighted by atomic mass is 9.97. The number of benzene rings is 2. The summed E-state index contributed by atoms with van der Waals surface area (Å²) in [6.07, 6.45) is -1.28. The number of halogens is 1. The highest BCUT2D eigenvalue weighted by atomic mass is 19.1. The number of benzodiazepines with no additional fused rings is 1. The number of ether oxygens (including phenoxy) is 1. The number of nitrogens with zero attached hydrogens (tertiary/aromatic N) is 2. The number of amides is 1. The minimum atomic E-state index is -1.28. The largest absolute Gasteiger partial charge is 0.459 e. The summed E-state index contributed by atoms with van der Waals surface area (Å²) in [7, 11) is 0. The third-order valence-electron chi connectivity index (χ3n) is 4.39. The Morgan fingerprint density at radius 3 is 2.48 bits per heavy atom. The molecular formula is C22H24FN3O3. The van der Waals surface area contributed by atoms with E-state index >= 15 is 0 Å². The second-order valence-electron chi connectivity index (χ2n) is 7.88. The summed E-state index contributed by atoms with van der Waals surface area (Å²) in [6, 6.07) is 11.5. The van der Waals surface area contributed by atoms with Crippen LogP contribution in [0.4, 0.5) is 10.1 Å². The van der Waals surface area contributed by atoms with E-state index in [1.807, 2.05) is 13.0 Å². The van der Waals surface area contributed by atoms with E-state index in [1.54, 1.807) is 51.1 Å². The maximum atomic E-state index is 14.5. The van der Waals surface area contributed by atoms with Crippen molar-refractivity contribution in [3.8, 4) is 0 Å². The van der Waals surface area contributed by atoms with Crippen LogP contribution in [0.2, 0.25) is 0 Å². The number of anilines is 1. The van der Waals surface area contributed by atoms with Crippen LogP contribution in [-0.2, 0) is 14.3 Å². The van der Waals surface area contributed by atoms with Gasteiger partial charge in [-0.3, -0.25) is 19.5 Å². The Hall–Kier alpha value is -3.06. The first-order valence-corrected chi connectivity index (χ1v) is 9.30. The molecule has 0 radical (unpaired) electrons. The molecule has 0 unspecified atom stereocenters. The fraction of sp³-hybridized carbons (Fsp3) is 0.318. The topological polar surface area (TPSA) is 85.0 Å². The van der Waals surface area contributed by atoms with Crippen molar-refractivity contribution >= 4 is 23.3 Å². The molecule has 7 heteroatoms. The number of nitrogens with two attached hydrogens (primary N) is 1. The monoisotopic (exact) mass is 397 g/mol. The summed E-state index contributed by atoms with van der Waals surface area (Å²) in [6.45, 7) is 6.74. The number of rotatable bonds is 3. The highest BCUT2D eigenvalue weighted by molar-refractivity contribution is 6.21. The zero-order chi connectivity index (χ0) is 21.3. The maximum absolute atomic E-state index is 14.5. The smallest absolute Gasteiger partial charge is 0.326 e. The molecule has 152 valence electrons. The van der Waals surface area contributed by atoms with Crippen LogP contribution in [0, 0.1) is 12.7 Å². The number of esters is 1. The predicted octanol–water partition coefficient (Wildman–Crippen LogP) is 2.94. The fourth-order valence-electron chi connectivity index (χ4n) is 3.27. The van der Waals surface area contributed by atoms with Crippen molar-refractivity contribution in [1.82, 2.24) is 0 Å². The molecule has 29 heavy (non-hydrogen) atoms. The number of aryl methyl sites for hydroxylation is 1. The number of hydrogen-bond donors (Lipinski definition) is 1. The first-order chi connectivity index (χ1) is 13.6. The molecule has 6 nitrogen and oxygen atoms in total. The zero-order valence-electron chi connectivity index (χ0n) is 16.9.